The molecule has 0 bridgehead atoms. The molecule has 2 saturated heterocycles. The molecule has 0 aromatic rings. The van der Waals surface area contributed by atoms with Gasteiger partial charge in [-0.2, -0.15) is 0 Å². The van der Waals surface area contributed by atoms with Crippen LogP contribution in [0.25, 0.3) is 0 Å². The van der Waals surface area contributed by atoms with Gasteiger partial charge in [-0.1, -0.05) is 34.6 Å². The van der Waals surface area contributed by atoms with Gasteiger partial charge in [-0.3, -0.25) is 14.4 Å². The van der Waals surface area contributed by atoms with E-state index in [4.69, 9.17) is 4.74 Å². The van der Waals surface area contributed by atoms with Gasteiger partial charge in [0.1, 0.15) is 6.10 Å². The zero-order valence-electron chi connectivity index (χ0n) is 18.5. The number of likely N-dealkylation sites (tertiary alicyclic amines) is 1. The summed E-state index contributed by atoms with van der Waals surface area (Å²) in [5.41, 5.74) is 0. The number of esters is 1. The molecule has 0 aromatic heterocycles. The summed E-state index contributed by atoms with van der Waals surface area (Å²) in [6.07, 6.45) is 2.02. The molecule has 7 nitrogen and oxygen atoms in total. The molecular formula is C21H39N3O4. The highest BCUT2D eigenvalue weighted by molar-refractivity contribution is 5.88. The predicted octanol–water partition coefficient (Wildman–Crippen LogP) is 2.05. The van der Waals surface area contributed by atoms with Crippen LogP contribution in [0.4, 0.5) is 0 Å². The summed E-state index contributed by atoms with van der Waals surface area (Å²) < 4.78 is 5.19. The van der Waals surface area contributed by atoms with Crippen molar-refractivity contribution in [1.29, 1.82) is 0 Å². The van der Waals surface area contributed by atoms with E-state index in [0.717, 1.165) is 18.9 Å². The van der Waals surface area contributed by atoms with Crippen molar-refractivity contribution in [1.82, 2.24) is 15.1 Å². The number of hydrogen-bond donors (Lipinski definition) is 1. The molecule has 0 saturated carbocycles. The third-order valence-corrected chi connectivity index (χ3v) is 4.54. The van der Waals surface area contributed by atoms with Gasteiger partial charge in [0.2, 0.25) is 11.8 Å². The molecule has 1 atom stereocenters. The number of nitrogens with zero attached hydrogens (tertiary/aromatic N) is 2. The van der Waals surface area contributed by atoms with Gasteiger partial charge in [-0.05, 0) is 18.3 Å². The molecule has 0 aromatic carbocycles. The van der Waals surface area contributed by atoms with Gasteiger partial charge in [0, 0.05) is 45.9 Å². The summed E-state index contributed by atoms with van der Waals surface area (Å²) in [7, 11) is 0. The van der Waals surface area contributed by atoms with Gasteiger partial charge in [0.05, 0.1) is 12.6 Å². The van der Waals surface area contributed by atoms with E-state index in [1.165, 1.54) is 6.92 Å². The molecule has 0 aliphatic carbocycles. The molecule has 1 N–H and O–H groups in total. The van der Waals surface area contributed by atoms with Crippen LogP contribution in [0, 0.1) is 11.8 Å². The highest BCUT2D eigenvalue weighted by Crippen LogP contribution is 2.15. The molecule has 0 spiro atoms. The van der Waals surface area contributed by atoms with Crippen molar-refractivity contribution in [2.45, 2.75) is 73.0 Å². The van der Waals surface area contributed by atoms with Gasteiger partial charge in [0.15, 0.2) is 0 Å². The smallest absolute Gasteiger partial charge is 0.302 e. The molecule has 2 aliphatic rings. The fraction of sp³-hybridized carbons (Fsp3) is 0.857. The van der Waals surface area contributed by atoms with E-state index in [2.05, 4.69) is 39.9 Å². The number of rotatable bonds is 5. The van der Waals surface area contributed by atoms with Crippen molar-refractivity contribution in [2.75, 3.05) is 32.7 Å². The SMILES string of the molecule is CC(=O)OC1CCN(C(=O)CN2CCNC(CC(C)C)C2=O)CC1.CC(C)C. The Morgan fingerprint density at radius 3 is 2.18 bits per heavy atom. The number of hydrogen-bond acceptors (Lipinski definition) is 5. The standard InChI is InChI=1S/C17H29N3O4.C4H10/c1-12(2)10-15-17(23)20(9-6-18-15)11-16(22)19-7-4-14(5-8-19)24-13(3)21;1-4(2)3/h12,14-15,18H,4-11H2,1-3H3;4H,1-3H3. The Morgan fingerprint density at radius 2 is 1.68 bits per heavy atom. The summed E-state index contributed by atoms with van der Waals surface area (Å²) in [5.74, 6) is 0.998. The number of nitrogens with one attached hydrogen (secondary N) is 1. The van der Waals surface area contributed by atoms with Crippen LogP contribution in [0.2, 0.25) is 0 Å². The van der Waals surface area contributed by atoms with Gasteiger partial charge < -0.3 is 19.9 Å². The van der Waals surface area contributed by atoms with Crippen LogP contribution >= 0.6 is 0 Å². The van der Waals surface area contributed by atoms with Gasteiger partial charge >= 0.3 is 5.97 Å². The minimum absolute atomic E-state index is 0.0187. The molecule has 2 rings (SSSR count). The Balaban J connectivity index is 0.000000892. The summed E-state index contributed by atoms with van der Waals surface area (Å²) >= 11 is 0. The third-order valence-electron chi connectivity index (χ3n) is 4.54. The summed E-state index contributed by atoms with van der Waals surface area (Å²) in [6, 6.07) is -0.179. The van der Waals surface area contributed by atoms with E-state index in [1.807, 2.05) is 0 Å². The lowest BCUT2D eigenvalue weighted by molar-refractivity contribution is -0.151. The molecule has 2 amide bonds. The van der Waals surface area contributed by atoms with Crippen molar-refractivity contribution in [2.24, 2.45) is 11.8 Å². The predicted molar refractivity (Wildman–Crippen MR) is 110 cm³/mol. The first-order valence-corrected chi connectivity index (χ1v) is 10.6. The van der Waals surface area contributed by atoms with Gasteiger partial charge in [0.25, 0.3) is 0 Å². The lowest BCUT2D eigenvalue weighted by Crippen LogP contribution is -2.58. The minimum atomic E-state index is -0.276. The van der Waals surface area contributed by atoms with Crippen LogP contribution in [-0.4, -0.2) is 72.5 Å². The Hall–Kier alpha value is -1.63. The maximum atomic E-state index is 12.5. The van der Waals surface area contributed by atoms with Crippen LogP contribution in [0.3, 0.4) is 0 Å². The van der Waals surface area contributed by atoms with Crippen molar-refractivity contribution >= 4 is 17.8 Å². The molecule has 0 radical (unpaired) electrons. The average molecular weight is 398 g/mol. The van der Waals surface area contributed by atoms with Crippen LogP contribution in [0.1, 0.15) is 60.8 Å². The molecular weight excluding hydrogens is 358 g/mol. The van der Waals surface area contributed by atoms with E-state index >= 15 is 0 Å². The van der Waals surface area contributed by atoms with E-state index in [1.54, 1.807) is 9.80 Å². The number of amides is 2. The Morgan fingerprint density at radius 1 is 1.11 bits per heavy atom. The topological polar surface area (TPSA) is 79.0 Å². The van der Waals surface area contributed by atoms with Crippen LogP contribution in [0.5, 0.6) is 0 Å². The second-order valence-corrected chi connectivity index (χ2v) is 8.82. The van der Waals surface area contributed by atoms with E-state index in [0.29, 0.717) is 38.4 Å². The van der Waals surface area contributed by atoms with Crippen molar-refractivity contribution < 1.29 is 19.1 Å². The van der Waals surface area contributed by atoms with Crippen LogP contribution < -0.4 is 5.32 Å². The van der Waals surface area contributed by atoms with Crippen molar-refractivity contribution in [3.05, 3.63) is 0 Å². The normalized spacial score (nSPS) is 20.9. The lowest BCUT2D eigenvalue weighted by atomic mass is 10.0. The molecule has 2 fully saturated rings. The Kier molecular flexibility index (Phi) is 10.5. The van der Waals surface area contributed by atoms with Crippen LogP contribution in [0.15, 0.2) is 0 Å². The minimum Gasteiger partial charge on any atom is -0.462 e. The first-order chi connectivity index (χ1) is 13.1. The highest BCUT2D eigenvalue weighted by Gasteiger charge is 2.32. The number of ether oxygens (including phenoxy) is 1. The maximum absolute atomic E-state index is 12.5. The van der Waals surface area contributed by atoms with Crippen LogP contribution in [-0.2, 0) is 19.1 Å². The monoisotopic (exact) mass is 397 g/mol. The summed E-state index contributed by atoms with van der Waals surface area (Å²) in [4.78, 5) is 39.4. The van der Waals surface area contributed by atoms with Crippen molar-refractivity contribution in [3.63, 3.8) is 0 Å². The summed E-state index contributed by atoms with van der Waals surface area (Å²) in [6.45, 7) is 14.7. The quantitative estimate of drug-likeness (QED) is 0.719. The Bertz CT molecular complexity index is 511. The zero-order chi connectivity index (χ0) is 21.3. The largest absolute Gasteiger partial charge is 0.462 e. The number of carbonyl (C=O) groups is 3. The molecule has 7 heteroatoms. The average Bonchev–Trinajstić information content (AvgIpc) is 2.57. The second kappa shape index (κ2) is 12.0. The summed E-state index contributed by atoms with van der Waals surface area (Å²) in [5, 5.41) is 3.24. The maximum Gasteiger partial charge on any atom is 0.302 e. The first kappa shape index (κ1) is 24.4. The molecule has 1 unspecified atom stereocenters. The third kappa shape index (κ3) is 9.04. The molecule has 162 valence electrons. The lowest BCUT2D eigenvalue weighted by Gasteiger charge is -2.36. The molecule has 2 aliphatic heterocycles. The second-order valence-electron chi connectivity index (χ2n) is 8.82. The van der Waals surface area contributed by atoms with E-state index in [-0.39, 0.29) is 36.5 Å². The number of carbonyl (C=O) groups excluding carboxylic acids is 3. The zero-order valence-corrected chi connectivity index (χ0v) is 18.5. The van der Waals surface area contributed by atoms with Gasteiger partial charge in [-0.15, -0.1) is 0 Å². The number of piperidine rings is 1. The highest BCUT2D eigenvalue weighted by atomic mass is 16.5. The first-order valence-electron chi connectivity index (χ1n) is 10.6. The fourth-order valence-corrected chi connectivity index (χ4v) is 3.33. The fourth-order valence-electron chi connectivity index (χ4n) is 3.33. The van der Waals surface area contributed by atoms with E-state index in [9.17, 15) is 14.4 Å². The number of piperazine rings is 1. The Labute approximate surface area is 170 Å². The molecule has 2 heterocycles. The van der Waals surface area contributed by atoms with Gasteiger partial charge in [-0.25, -0.2) is 0 Å². The van der Waals surface area contributed by atoms with Crippen molar-refractivity contribution in [3.8, 4) is 0 Å². The van der Waals surface area contributed by atoms with E-state index < -0.39 is 0 Å². The molecule has 28 heavy (non-hydrogen) atoms.